The third-order valence-electron chi connectivity index (χ3n) is 3.71. The molecule has 1 heterocycles. The van der Waals surface area contributed by atoms with Crippen LogP contribution >= 0.6 is 23.4 Å². The van der Waals surface area contributed by atoms with Gasteiger partial charge in [-0.25, -0.2) is 9.38 Å². The molecule has 1 saturated heterocycles. The van der Waals surface area contributed by atoms with Crippen molar-refractivity contribution in [3.63, 3.8) is 0 Å². The Morgan fingerprint density at radius 2 is 1.96 bits per heavy atom. The summed E-state index contributed by atoms with van der Waals surface area (Å²) in [4.78, 5) is 30.4. The van der Waals surface area contributed by atoms with Gasteiger partial charge in [-0.3, -0.25) is 14.5 Å². The number of nitrogens with zero attached hydrogens (tertiary/aromatic N) is 2. The van der Waals surface area contributed by atoms with Crippen molar-refractivity contribution in [3.05, 3.63) is 59.4 Å². The molecule has 134 valence electrons. The molecular formula is C18H15ClFN3O2S. The van der Waals surface area contributed by atoms with Gasteiger partial charge in [-0.1, -0.05) is 35.5 Å². The van der Waals surface area contributed by atoms with E-state index in [0.29, 0.717) is 15.9 Å². The monoisotopic (exact) mass is 391 g/mol. The van der Waals surface area contributed by atoms with E-state index in [0.717, 1.165) is 0 Å². The van der Waals surface area contributed by atoms with Gasteiger partial charge in [-0.2, -0.15) is 0 Å². The number of rotatable bonds is 4. The fraction of sp³-hybridized carbons (Fsp3) is 0.167. The number of amides is 2. The summed E-state index contributed by atoms with van der Waals surface area (Å²) >= 11 is 7.06. The lowest BCUT2D eigenvalue weighted by atomic mass is 10.2. The number of hydrogen-bond acceptors (Lipinski definition) is 4. The second-order valence-electron chi connectivity index (χ2n) is 5.61. The average molecular weight is 392 g/mol. The van der Waals surface area contributed by atoms with Gasteiger partial charge >= 0.3 is 0 Å². The van der Waals surface area contributed by atoms with Gasteiger partial charge in [0, 0.05) is 18.5 Å². The Kier molecular flexibility index (Phi) is 5.58. The molecule has 1 N–H and O–H groups in total. The molecule has 26 heavy (non-hydrogen) atoms. The number of amidine groups is 1. The van der Waals surface area contributed by atoms with E-state index in [4.69, 9.17) is 11.6 Å². The zero-order chi connectivity index (χ0) is 18.7. The summed E-state index contributed by atoms with van der Waals surface area (Å²) in [5.74, 6) is -1.16. The highest BCUT2D eigenvalue weighted by molar-refractivity contribution is 8.15. The molecule has 1 aliphatic rings. The van der Waals surface area contributed by atoms with Crippen molar-refractivity contribution in [2.45, 2.75) is 11.7 Å². The molecule has 2 aromatic carbocycles. The van der Waals surface area contributed by atoms with Gasteiger partial charge in [0.25, 0.3) is 0 Å². The number of aliphatic imine (C=N–C) groups is 1. The molecule has 1 fully saturated rings. The number of nitrogens with one attached hydrogen (secondary N) is 1. The Balaban J connectivity index is 1.67. The van der Waals surface area contributed by atoms with Crippen molar-refractivity contribution >= 4 is 51.7 Å². The maximum absolute atomic E-state index is 13.6. The van der Waals surface area contributed by atoms with Crippen molar-refractivity contribution in [1.82, 2.24) is 4.90 Å². The molecule has 5 nitrogen and oxygen atoms in total. The summed E-state index contributed by atoms with van der Waals surface area (Å²) in [6.45, 7) is 0. The number of para-hydroxylation sites is 1. The van der Waals surface area contributed by atoms with Crippen LogP contribution in [0.25, 0.3) is 0 Å². The molecule has 0 aromatic heterocycles. The summed E-state index contributed by atoms with van der Waals surface area (Å²) in [7, 11) is 1.61. The predicted molar refractivity (Wildman–Crippen MR) is 102 cm³/mol. The molecule has 2 amide bonds. The van der Waals surface area contributed by atoms with Crippen LogP contribution in [0.2, 0.25) is 5.02 Å². The molecule has 1 unspecified atom stereocenters. The molecule has 8 heteroatoms. The summed E-state index contributed by atoms with van der Waals surface area (Å²) in [6, 6.07) is 12.8. The van der Waals surface area contributed by atoms with E-state index in [1.807, 2.05) is 0 Å². The van der Waals surface area contributed by atoms with Crippen LogP contribution in [0.4, 0.5) is 15.8 Å². The molecule has 0 radical (unpaired) electrons. The van der Waals surface area contributed by atoms with E-state index in [2.05, 4.69) is 10.3 Å². The topological polar surface area (TPSA) is 61.8 Å². The summed E-state index contributed by atoms with van der Waals surface area (Å²) in [6.07, 6.45) is -0.0676. The maximum Gasteiger partial charge on any atom is 0.242 e. The first-order valence-corrected chi connectivity index (χ1v) is 9.02. The predicted octanol–water partition coefficient (Wildman–Crippen LogP) is 4.07. The van der Waals surface area contributed by atoms with Gasteiger partial charge in [-0.05, 0) is 36.4 Å². The van der Waals surface area contributed by atoms with Crippen LogP contribution in [0.5, 0.6) is 0 Å². The quantitative estimate of drug-likeness (QED) is 0.854. The van der Waals surface area contributed by atoms with E-state index in [1.165, 1.54) is 34.9 Å². The van der Waals surface area contributed by atoms with E-state index in [1.54, 1.807) is 37.4 Å². The van der Waals surface area contributed by atoms with E-state index < -0.39 is 17.0 Å². The minimum Gasteiger partial charge on any atom is -0.324 e. The number of anilines is 1. The Morgan fingerprint density at radius 1 is 1.27 bits per heavy atom. The zero-order valence-corrected chi connectivity index (χ0v) is 15.4. The maximum atomic E-state index is 13.6. The lowest BCUT2D eigenvalue weighted by molar-refractivity contribution is -0.127. The highest BCUT2D eigenvalue weighted by Crippen LogP contribution is 2.31. The van der Waals surface area contributed by atoms with Crippen LogP contribution in [0, 0.1) is 5.82 Å². The minimum atomic E-state index is -0.599. The molecule has 1 atom stereocenters. The van der Waals surface area contributed by atoms with Crippen molar-refractivity contribution in [1.29, 1.82) is 0 Å². The number of benzene rings is 2. The van der Waals surface area contributed by atoms with Crippen molar-refractivity contribution in [2.24, 2.45) is 4.99 Å². The molecule has 0 bridgehead atoms. The normalized spacial score (nSPS) is 18.4. The van der Waals surface area contributed by atoms with Gasteiger partial charge in [0.1, 0.15) is 11.1 Å². The highest BCUT2D eigenvalue weighted by Gasteiger charge is 2.37. The number of halogens is 2. The van der Waals surface area contributed by atoms with Crippen molar-refractivity contribution < 1.29 is 14.0 Å². The van der Waals surface area contributed by atoms with Crippen LogP contribution < -0.4 is 5.32 Å². The molecule has 2 aromatic rings. The largest absolute Gasteiger partial charge is 0.324 e. The Hall–Kier alpha value is -2.38. The van der Waals surface area contributed by atoms with Crippen LogP contribution in [0.3, 0.4) is 0 Å². The SMILES string of the molecule is CN1C(=O)C(CC(=O)Nc2ccccc2F)SC1=Nc1ccc(Cl)cc1. The van der Waals surface area contributed by atoms with Crippen LogP contribution in [-0.4, -0.2) is 34.2 Å². The van der Waals surface area contributed by atoms with Gasteiger partial charge in [0.2, 0.25) is 11.8 Å². The van der Waals surface area contributed by atoms with Gasteiger partial charge < -0.3 is 5.32 Å². The van der Waals surface area contributed by atoms with E-state index in [9.17, 15) is 14.0 Å². The molecule has 1 aliphatic heterocycles. The summed E-state index contributed by atoms with van der Waals surface area (Å²) < 4.78 is 13.6. The summed E-state index contributed by atoms with van der Waals surface area (Å²) in [5.41, 5.74) is 0.754. The number of carbonyl (C=O) groups is 2. The molecule has 3 rings (SSSR count). The van der Waals surface area contributed by atoms with E-state index >= 15 is 0 Å². The van der Waals surface area contributed by atoms with Crippen LogP contribution in [0.1, 0.15) is 6.42 Å². The second kappa shape index (κ2) is 7.88. The fourth-order valence-electron chi connectivity index (χ4n) is 2.36. The first kappa shape index (κ1) is 18.4. The number of carbonyl (C=O) groups excluding carboxylic acids is 2. The number of hydrogen-bond donors (Lipinski definition) is 1. The Labute approximate surface area is 159 Å². The third-order valence-corrected chi connectivity index (χ3v) is 5.19. The zero-order valence-electron chi connectivity index (χ0n) is 13.8. The highest BCUT2D eigenvalue weighted by atomic mass is 35.5. The minimum absolute atomic E-state index is 0.0676. The lowest BCUT2D eigenvalue weighted by Gasteiger charge is -2.09. The fourth-order valence-corrected chi connectivity index (χ4v) is 3.64. The second-order valence-corrected chi connectivity index (χ2v) is 7.21. The average Bonchev–Trinajstić information content (AvgIpc) is 2.87. The first-order chi connectivity index (χ1) is 12.4. The third kappa shape index (κ3) is 4.23. The molecular weight excluding hydrogens is 377 g/mol. The Bertz CT molecular complexity index is 873. The van der Waals surface area contributed by atoms with Crippen LogP contribution in [0.15, 0.2) is 53.5 Å². The standard InChI is InChI=1S/C18H15ClFN3O2S/c1-23-17(25)15(10-16(24)22-14-5-3-2-4-13(14)20)26-18(23)21-12-8-6-11(19)7-9-12/h2-9,15H,10H2,1H3,(H,22,24). The molecule has 0 spiro atoms. The van der Waals surface area contributed by atoms with Gasteiger partial charge in [0.05, 0.1) is 11.4 Å². The van der Waals surface area contributed by atoms with Crippen molar-refractivity contribution in [3.8, 4) is 0 Å². The Morgan fingerprint density at radius 3 is 2.65 bits per heavy atom. The lowest BCUT2D eigenvalue weighted by Crippen LogP contribution is -2.30. The van der Waals surface area contributed by atoms with Crippen LogP contribution in [-0.2, 0) is 9.59 Å². The van der Waals surface area contributed by atoms with Gasteiger partial charge in [-0.15, -0.1) is 0 Å². The smallest absolute Gasteiger partial charge is 0.242 e. The van der Waals surface area contributed by atoms with Gasteiger partial charge in [0.15, 0.2) is 5.17 Å². The van der Waals surface area contributed by atoms with E-state index in [-0.39, 0.29) is 18.0 Å². The molecule has 0 saturated carbocycles. The van der Waals surface area contributed by atoms with Crippen molar-refractivity contribution in [2.75, 3.05) is 12.4 Å². The summed E-state index contributed by atoms with van der Waals surface area (Å²) in [5, 5.41) is 2.99. The molecule has 0 aliphatic carbocycles. The number of thioether (sulfide) groups is 1. The first-order valence-electron chi connectivity index (χ1n) is 7.77.